The lowest BCUT2D eigenvalue weighted by molar-refractivity contribution is -0.384. The molecule has 3 atom stereocenters. The van der Waals surface area contributed by atoms with E-state index < -0.39 is 45.7 Å². The van der Waals surface area contributed by atoms with Crippen LogP contribution in [0.5, 0.6) is 5.75 Å². The molecule has 3 amide bonds. The number of fused-ring (bicyclic) bond motifs is 2. The van der Waals surface area contributed by atoms with Gasteiger partial charge in [-0.15, -0.1) is 0 Å². The highest BCUT2D eigenvalue weighted by molar-refractivity contribution is 8.00. The number of nitro groups is 1. The Balaban J connectivity index is 1.22. The summed E-state index contributed by atoms with van der Waals surface area (Å²) in [5.74, 6) is -3.13. The number of anilines is 2. The number of benzene rings is 3. The Morgan fingerprint density at radius 3 is 2.46 bits per heavy atom. The Kier molecular flexibility index (Phi) is 8.42. The molecule has 0 saturated carbocycles. The van der Waals surface area contributed by atoms with Gasteiger partial charge in [0.05, 0.1) is 33.7 Å². The normalized spacial score (nSPS) is 18.5. The summed E-state index contributed by atoms with van der Waals surface area (Å²) < 4.78 is 10.7. The Bertz CT molecular complexity index is 1920. The minimum absolute atomic E-state index is 0.176. The summed E-state index contributed by atoms with van der Waals surface area (Å²) in [7, 11) is 0. The minimum atomic E-state index is -0.872. The number of rotatable bonds is 9. The van der Waals surface area contributed by atoms with Crippen LogP contribution >= 0.6 is 23.1 Å². The highest BCUT2D eigenvalue weighted by Crippen LogP contribution is 2.53. The van der Waals surface area contributed by atoms with Gasteiger partial charge in [-0.3, -0.25) is 29.3 Å². The molecule has 0 radical (unpaired) electrons. The maximum absolute atomic E-state index is 13.9. The smallest absolute Gasteiger partial charge is 0.338 e. The summed E-state index contributed by atoms with van der Waals surface area (Å²) >= 11 is 2.07. The van der Waals surface area contributed by atoms with Crippen LogP contribution in [0, 0.1) is 16.0 Å². The summed E-state index contributed by atoms with van der Waals surface area (Å²) in [4.78, 5) is 79.0. The fraction of sp³-hybridized carbons (Fsp3) is 0.194. The predicted molar refractivity (Wildman–Crippen MR) is 168 cm³/mol. The number of H-pyrrole nitrogens is 1. The van der Waals surface area contributed by atoms with Crippen LogP contribution in [0.3, 0.4) is 0 Å². The van der Waals surface area contributed by atoms with Gasteiger partial charge in [-0.2, -0.15) is 0 Å². The number of nitro benzene ring substituents is 1. The molecule has 13 nitrogen and oxygen atoms in total. The van der Waals surface area contributed by atoms with Crippen molar-refractivity contribution in [2.24, 2.45) is 5.92 Å². The molecule has 6 rings (SSSR count). The number of hydrogen-bond acceptors (Lipinski definition) is 11. The topological polar surface area (TPSA) is 178 Å². The van der Waals surface area contributed by atoms with Crippen molar-refractivity contribution in [3.8, 4) is 5.75 Å². The molecule has 234 valence electrons. The molecule has 1 saturated heterocycles. The number of hydrogen-bond donors (Lipinski definition) is 2. The van der Waals surface area contributed by atoms with E-state index in [4.69, 9.17) is 9.47 Å². The van der Waals surface area contributed by atoms with Gasteiger partial charge in [-0.1, -0.05) is 35.2 Å². The first-order valence-corrected chi connectivity index (χ1v) is 15.7. The zero-order chi connectivity index (χ0) is 32.5. The monoisotopic (exact) mass is 660 g/mol. The quantitative estimate of drug-likeness (QED) is 0.114. The number of imide groups is 1. The molecule has 3 heterocycles. The van der Waals surface area contributed by atoms with E-state index in [2.05, 4.69) is 10.3 Å². The number of thiazole rings is 1. The molecule has 2 N–H and O–H groups in total. The Morgan fingerprint density at radius 1 is 1.02 bits per heavy atom. The zero-order valence-corrected chi connectivity index (χ0v) is 25.6. The maximum atomic E-state index is 13.9. The number of esters is 1. The first-order chi connectivity index (χ1) is 22.1. The number of non-ortho nitro benzene ring substituents is 1. The van der Waals surface area contributed by atoms with Crippen LogP contribution in [0.4, 0.5) is 17.1 Å². The van der Waals surface area contributed by atoms with E-state index in [0.717, 1.165) is 28.0 Å². The first-order valence-electron chi connectivity index (χ1n) is 14.0. The van der Waals surface area contributed by atoms with E-state index in [1.807, 2.05) is 0 Å². The third-order valence-corrected chi connectivity index (χ3v) is 9.81. The van der Waals surface area contributed by atoms with Gasteiger partial charge in [0.25, 0.3) is 11.6 Å². The van der Waals surface area contributed by atoms with E-state index in [9.17, 15) is 34.1 Å². The van der Waals surface area contributed by atoms with Crippen LogP contribution in [-0.4, -0.2) is 52.1 Å². The number of aromatic nitrogens is 1. The predicted octanol–water partition coefficient (Wildman–Crippen LogP) is 4.33. The average molecular weight is 661 g/mol. The summed E-state index contributed by atoms with van der Waals surface area (Å²) in [6.45, 7) is 1.61. The van der Waals surface area contributed by atoms with E-state index >= 15 is 0 Å². The van der Waals surface area contributed by atoms with E-state index in [1.54, 1.807) is 43.3 Å². The highest BCUT2D eigenvalue weighted by Gasteiger charge is 2.56. The number of carbonyl (C=O) groups excluding carboxylic acids is 4. The number of aromatic amines is 1. The largest absolute Gasteiger partial charge is 0.484 e. The minimum Gasteiger partial charge on any atom is -0.484 e. The van der Waals surface area contributed by atoms with Crippen molar-refractivity contribution in [2.45, 2.75) is 23.1 Å². The second-order valence-corrected chi connectivity index (χ2v) is 12.4. The van der Waals surface area contributed by atoms with Crippen molar-refractivity contribution in [2.75, 3.05) is 23.4 Å². The molecule has 0 spiro atoms. The number of nitrogens with one attached hydrogen (secondary N) is 2. The SMILES string of the molecule is CCOC(=O)c1ccc(NC(=O)COc2cccc(C3c4sc(=O)[nH]c4SC4C(=O)N(c5ccc([N+](=O)[O-])cc5)C(=O)C43)c2)cc1. The van der Waals surface area contributed by atoms with E-state index in [1.165, 1.54) is 36.4 Å². The average Bonchev–Trinajstić information content (AvgIpc) is 3.54. The van der Waals surface area contributed by atoms with E-state index in [0.29, 0.717) is 32.5 Å². The second-order valence-electron chi connectivity index (χ2n) is 10.2. The summed E-state index contributed by atoms with van der Waals surface area (Å²) in [6, 6.07) is 18.2. The Labute approximate surface area is 268 Å². The molecular weight excluding hydrogens is 636 g/mol. The first kappa shape index (κ1) is 30.7. The van der Waals surface area contributed by atoms with Gasteiger partial charge in [0.2, 0.25) is 11.8 Å². The van der Waals surface area contributed by atoms with Crippen LogP contribution in [0.15, 0.2) is 82.6 Å². The fourth-order valence-corrected chi connectivity index (χ4v) is 7.92. The maximum Gasteiger partial charge on any atom is 0.338 e. The molecule has 0 aliphatic carbocycles. The number of carbonyl (C=O) groups is 4. The van der Waals surface area contributed by atoms with Crippen molar-refractivity contribution in [1.29, 1.82) is 0 Å². The van der Waals surface area contributed by atoms with Crippen LogP contribution in [0.1, 0.15) is 33.6 Å². The molecule has 4 aromatic rings. The van der Waals surface area contributed by atoms with E-state index in [-0.39, 0.29) is 29.5 Å². The lowest BCUT2D eigenvalue weighted by Gasteiger charge is -2.30. The summed E-state index contributed by atoms with van der Waals surface area (Å²) in [5.41, 5.74) is 1.45. The Hall–Kier alpha value is -5.28. The van der Waals surface area contributed by atoms with Crippen LogP contribution < -0.4 is 19.8 Å². The van der Waals surface area contributed by atoms with Crippen molar-refractivity contribution >= 4 is 63.9 Å². The molecule has 1 fully saturated rings. The van der Waals surface area contributed by atoms with Gasteiger partial charge in [0, 0.05) is 28.6 Å². The lowest BCUT2D eigenvalue weighted by atomic mass is 9.83. The van der Waals surface area contributed by atoms with Gasteiger partial charge in [0.1, 0.15) is 11.0 Å². The molecule has 2 aliphatic heterocycles. The Morgan fingerprint density at radius 2 is 1.76 bits per heavy atom. The van der Waals surface area contributed by atoms with Gasteiger partial charge < -0.3 is 19.8 Å². The van der Waals surface area contributed by atoms with Crippen LogP contribution in [0.2, 0.25) is 0 Å². The third-order valence-electron chi connectivity index (χ3n) is 7.41. The van der Waals surface area contributed by atoms with Crippen LogP contribution in [0.25, 0.3) is 0 Å². The van der Waals surface area contributed by atoms with Gasteiger partial charge in [0.15, 0.2) is 6.61 Å². The summed E-state index contributed by atoms with van der Waals surface area (Å²) in [6.07, 6.45) is 0. The van der Waals surface area contributed by atoms with Crippen molar-refractivity contribution in [3.63, 3.8) is 0 Å². The highest BCUT2D eigenvalue weighted by atomic mass is 32.2. The lowest BCUT2D eigenvalue weighted by Crippen LogP contribution is -2.32. The number of thioether (sulfide) groups is 1. The van der Waals surface area contributed by atoms with Crippen molar-refractivity contribution in [3.05, 3.63) is 109 Å². The summed E-state index contributed by atoms with van der Waals surface area (Å²) in [5, 5.41) is 13.5. The van der Waals surface area contributed by atoms with Gasteiger partial charge in [-0.25, -0.2) is 9.69 Å². The van der Waals surface area contributed by atoms with Crippen molar-refractivity contribution in [1.82, 2.24) is 4.98 Å². The number of amides is 3. The molecule has 3 unspecified atom stereocenters. The van der Waals surface area contributed by atoms with Gasteiger partial charge >= 0.3 is 10.8 Å². The van der Waals surface area contributed by atoms with Gasteiger partial charge in [-0.05, 0) is 61.0 Å². The number of nitrogens with zero attached hydrogens (tertiary/aromatic N) is 2. The molecule has 46 heavy (non-hydrogen) atoms. The number of ether oxygens (including phenoxy) is 2. The molecule has 15 heteroatoms. The molecule has 2 aliphatic rings. The molecule has 0 bridgehead atoms. The van der Waals surface area contributed by atoms with Crippen molar-refractivity contribution < 1.29 is 33.6 Å². The molecular formula is C31H24N4O9S2. The zero-order valence-electron chi connectivity index (χ0n) is 24.0. The second kappa shape index (κ2) is 12.6. The fourth-order valence-electron chi connectivity index (χ4n) is 5.40. The standard InChI is InChI=1S/C31H24N4O9S2/c1-2-43-30(39)16-6-8-18(9-7-16)32-22(36)15-44-21-5-3-4-17(14-21)23-24-26(45-27-25(23)46-31(40)33-27)29(38)34(28(24)37)19-10-12-20(13-11-19)35(41)42/h3-14,23-24,26H,2,15H2,1H3,(H,32,36)(H,33,40). The molecule has 1 aromatic heterocycles. The van der Waals surface area contributed by atoms with Crippen LogP contribution in [-0.2, 0) is 19.1 Å². The third kappa shape index (κ3) is 5.89. The molecule has 3 aromatic carbocycles.